The highest BCUT2D eigenvalue weighted by molar-refractivity contribution is 5.85. The lowest BCUT2D eigenvalue weighted by Gasteiger charge is -2.04. The molecule has 0 aromatic carbocycles. The molecule has 0 saturated carbocycles. The van der Waals surface area contributed by atoms with Gasteiger partial charge >= 0.3 is 0 Å². The summed E-state index contributed by atoms with van der Waals surface area (Å²) in [5.41, 5.74) is 5.43. The summed E-state index contributed by atoms with van der Waals surface area (Å²) in [7, 11) is 0. The molecule has 1 aromatic heterocycles. The second kappa shape index (κ2) is 6.07. The van der Waals surface area contributed by atoms with Gasteiger partial charge in [-0.05, 0) is 6.92 Å². The average molecular weight is 231 g/mol. The third-order valence-electron chi connectivity index (χ3n) is 1.27. The zero-order valence-corrected chi connectivity index (χ0v) is 8.46. The lowest BCUT2D eigenvalue weighted by Crippen LogP contribution is -2.09. The Morgan fingerprint density at radius 2 is 1.92 bits per heavy atom. The molecule has 1 atom stereocenters. The molecular weight excluding hydrogens is 221 g/mol. The Labute approximate surface area is 87.4 Å². The van der Waals surface area contributed by atoms with E-state index in [2.05, 4.69) is 4.98 Å². The van der Waals surface area contributed by atoms with Crippen LogP contribution >= 0.6 is 24.8 Å². The van der Waals surface area contributed by atoms with Crippen molar-refractivity contribution in [2.24, 2.45) is 5.73 Å². The van der Waals surface area contributed by atoms with Crippen LogP contribution in [0.3, 0.4) is 0 Å². The highest BCUT2D eigenvalue weighted by atomic mass is 35.5. The molecule has 0 amide bonds. The number of nitrogens with zero attached hydrogens (tertiary/aromatic N) is 1. The first-order chi connectivity index (χ1) is 5.11. The number of halogens is 4. The molecule has 0 unspecified atom stereocenters. The topological polar surface area (TPSA) is 38.9 Å². The third-order valence-corrected chi connectivity index (χ3v) is 1.27. The summed E-state index contributed by atoms with van der Waals surface area (Å²) in [4.78, 5) is 3.50. The van der Waals surface area contributed by atoms with Gasteiger partial charge in [0, 0.05) is 12.1 Å². The van der Waals surface area contributed by atoms with Gasteiger partial charge in [0.05, 0.1) is 11.9 Å². The van der Waals surface area contributed by atoms with E-state index in [0.717, 1.165) is 12.3 Å². The summed E-state index contributed by atoms with van der Waals surface area (Å²) >= 11 is 0. The standard InChI is InChI=1S/C7H8F2N2.2ClH/c1-4(10)7-6(9)2-5(8)3-11-7;;/h2-4H,10H2,1H3;2*1H/t4-;;/m0../s1. The Morgan fingerprint density at radius 1 is 1.38 bits per heavy atom. The zero-order valence-electron chi connectivity index (χ0n) is 6.83. The van der Waals surface area contributed by atoms with E-state index in [0.29, 0.717) is 0 Å². The molecule has 1 aromatic rings. The van der Waals surface area contributed by atoms with Crippen molar-refractivity contribution >= 4 is 24.8 Å². The van der Waals surface area contributed by atoms with Crippen LogP contribution < -0.4 is 5.73 Å². The predicted octanol–water partition coefficient (Wildman–Crippen LogP) is 2.22. The maximum Gasteiger partial charge on any atom is 0.149 e. The van der Waals surface area contributed by atoms with Crippen LogP contribution in [0.25, 0.3) is 0 Å². The van der Waals surface area contributed by atoms with Crippen molar-refractivity contribution in [1.29, 1.82) is 0 Å². The lowest BCUT2D eigenvalue weighted by atomic mass is 10.2. The first kappa shape index (κ1) is 15.0. The second-order valence-electron chi connectivity index (χ2n) is 2.31. The number of aromatic nitrogens is 1. The average Bonchev–Trinajstić information content (AvgIpc) is 1.85. The highest BCUT2D eigenvalue weighted by Gasteiger charge is 2.08. The number of hydrogen-bond acceptors (Lipinski definition) is 2. The van der Waals surface area contributed by atoms with Gasteiger partial charge in [-0.3, -0.25) is 4.98 Å². The molecule has 0 bridgehead atoms. The molecule has 0 aliphatic carbocycles. The maximum atomic E-state index is 12.7. The maximum absolute atomic E-state index is 12.7. The van der Waals surface area contributed by atoms with E-state index in [-0.39, 0.29) is 30.5 Å². The van der Waals surface area contributed by atoms with Crippen LogP contribution in [0.2, 0.25) is 0 Å². The van der Waals surface area contributed by atoms with Crippen molar-refractivity contribution in [3.8, 4) is 0 Å². The van der Waals surface area contributed by atoms with Crippen LogP contribution in [0.4, 0.5) is 8.78 Å². The van der Waals surface area contributed by atoms with Crippen molar-refractivity contribution < 1.29 is 8.78 Å². The summed E-state index contributed by atoms with van der Waals surface area (Å²) in [6.45, 7) is 1.59. The monoisotopic (exact) mass is 230 g/mol. The largest absolute Gasteiger partial charge is 0.323 e. The van der Waals surface area contributed by atoms with Crippen LogP contribution in [-0.2, 0) is 0 Å². The van der Waals surface area contributed by atoms with Crippen molar-refractivity contribution in [2.75, 3.05) is 0 Å². The van der Waals surface area contributed by atoms with E-state index in [1.54, 1.807) is 6.92 Å². The number of nitrogens with two attached hydrogens (primary N) is 1. The van der Waals surface area contributed by atoms with Gasteiger partial charge in [-0.2, -0.15) is 0 Å². The van der Waals surface area contributed by atoms with Crippen LogP contribution in [-0.4, -0.2) is 4.98 Å². The number of hydrogen-bond donors (Lipinski definition) is 1. The molecule has 2 nitrogen and oxygen atoms in total. The fourth-order valence-electron chi connectivity index (χ4n) is 0.760. The molecule has 6 heteroatoms. The Hall–Kier alpha value is -0.450. The zero-order chi connectivity index (χ0) is 8.43. The van der Waals surface area contributed by atoms with Gasteiger partial charge in [0.1, 0.15) is 11.6 Å². The molecule has 1 heterocycles. The Kier molecular flexibility index (Phi) is 7.03. The summed E-state index contributed by atoms with van der Waals surface area (Å²) in [6.07, 6.45) is 0.946. The van der Waals surface area contributed by atoms with Gasteiger partial charge in [0.2, 0.25) is 0 Å². The Morgan fingerprint density at radius 3 is 2.31 bits per heavy atom. The first-order valence-corrected chi connectivity index (χ1v) is 3.18. The fourth-order valence-corrected chi connectivity index (χ4v) is 0.760. The van der Waals surface area contributed by atoms with E-state index in [1.807, 2.05) is 0 Å². The smallest absolute Gasteiger partial charge is 0.149 e. The number of rotatable bonds is 1. The number of pyridine rings is 1. The van der Waals surface area contributed by atoms with Gasteiger partial charge in [-0.25, -0.2) is 8.78 Å². The predicted molar refractivity (Wildman–Crippen MR) is 51.3 cm³/mol. The van der Waals surface area contributed by atoms with Crippen LogP contribution in [0.5, 0.6) is 0 Å². The Balaban J connectivity index is 0. The van der Waals surface area contributed by atoms with E-state index in [1.165, 1.54) is 0 Å². The Bertz CT molecular complexity index is 269. The van der Waals surface area contributed by atoms with Crippen LogP contribution in [0, 0.1) is 11.6 Å². The van der Waals surface area contributed by atoms with E-state index in [4.69, 9.17) is 5.73 Å². The van der Waals surface area contributed by atoms with Gasteiger partial charge in [-0.15, -0.1) is 24.8 Å². The third kappa shape index (κ3) is 3.85. The molecule has 0 aliphatic rings. The van der Waals surface area contributed by atoms with Gasteiger partial charge in [0.25, 0.3) is 0 Å². The van der Waals surface area contributed by atoms with Gasteiger partial charge < -0.3 is 5.73 Å². The highest BCUT2D eigenvalue weighted by Crippen LogP contribution is 2.11. The molecule has 0 radical (unpaired) electrons. The fraction of sp³-hybridized carbons (Fsp3) is 0.286. The summed E-state index contributed by atoms with van der Waals surface area (Å²) < 4.78 is 25.0. The molecule has 0 saturated heterocycles. The van der Waals surface area contributed by atoms with Crippen molar-refractivity contribution in [1.82, 2.24) is 4.98 Å². The van der Waals surface area contributed by atoms with Gasteiger partial charge in [-0.1, -0.05) is 0 Å². The second-order valence-corrected chi connectivity index (χ2v) is 2.31. The van der Waals surface area contributed by atoms with Crippen LogP contribution in [0.15, 0.2) is 12.3 Å². The van der Waals surface area contributed by atoms with Crippen LogP contribution in [0.1, 0.15) is 18.7 Å². The molecular formula is C7H10Cl2F2N2. The SMILES string of the molecule is C[C@H](N)c1ncc(F)cc1F.Cl.Cl. The minimum atomic E-state index is -0.694. The molecule has 76 valence electrons. The van der Waals surface area contributed by atoms with Gasteiger partial charge in [0.15, 0.2) is 0 Å². The summed E-state index contributed by atoms with van der Waals surface area (Å²) in [6, 6.07) is 0.265. The van der Waals surface area contributed by atoms with E-state index >= 15 is 0 Å². The van der Waals surface area contributed by atoms with Crippen molar-refractivity contribution in [2.45, 2.75) is 13.0 Å². The van der Waals surface area contributed by atoms with E-state index in [9.17, 15) is 8.78 Å². The molecule has 0 aliphatic heterocycles. The normalized spacial score (nSPS) is 11.1. The first-order valence-electron chi connectivity index (χ1n) is 3.18. The minimum absolute atomic E-state index is 0. The molecule has 0 fully saturated rings. The van der Waals surface area contributed by atoms with Crippen molar-refractivity contribution in [3.63, 3.8) is 0 Å². The quantitative estimate of drug-likeness (QED) is 0.804. The molecule has 0 spiro atoms. The summed E-state index contributed by atoms with van der Waals surface area (Å²) in [5, 5.41) is 0. The minimum Gasteiger partial charge on any atom is -0.323 e. The van der Waals surface area contributed by atoms with Crippen molar-refractivity contribution in [3.05, 3.63) is 29.6 Å². The summed E-state index contributed by atoms with van der Waals surface area (Å²) in [5.74, 6) is -1.38. The molecule has 13 heavy (non-hydrogen) atoms. The molecule has 1 rings (SSSR count). The van der Waals surface area contributed by atoms with E-state index < -0.39 is 17.7 Å². The lowest BCUT2D eigenvalue weighted by molar-refractivity contribution is 0.545. The molecule has 2 N–H and O–H groups in total.